The summed E-state index contributed by atoms with van der Waals surface area (Å²) in [6.45, 7) is 4.52. The van der Waals surface area contributed by atoms with Crippen molar-refractivity contribution in [2.45, 2.75) is 38.8 Å². The van der Waals surface area contributed by atoms with Crippen LogP contribution in [0.4, 0.5) is 4.79 Å². The number of carboxylic acid groups (broad SMARTS) is 1. The van der Waals surface area contributed by atoms with Crippen molar-refractivity contribution in [1.29, 1.82) is 0 Å². The third-order valence-electron chi connectivity index (χ3n) is 5.53. The molecule has 32 heavy (non-hydrogen) atoms. The van der Waals surface area contributed by atoms with Gasteiger partial charge in [0.2, 0.25) is 5.91 Å². The molecule has 0 saturated carbocycles. The number of rotatable bonds is 7. The van der Waals surface area contributed by atoms with E-state index in [1.54, 1.807) is 20.8 Å². The van der Waals surface area contributed by atoms with Crippen molar-refractivity contribution < 1.29 is 29.3 Å². The lowest BCUT2D eigenvalue weighted by atomic mass is 9.86. The van der Waals surface area contributed by atoms with Crippen LogP contribution in [-0.2, 0) is 14.3 Å². The van der Waals surface area contributed by atoms with Gasteiger partial charge in [0, 0.05) is 5.92 Å². The molecule has 1 aliphatic carbocycles. The SMILES string of the molecule is CC(C)(C)[C@@H](NC(=O)OCC1c2ccccc2-c2ccccc21)C(=O)N[C@@H](CO)C(=O)O. The van der Waals surface area contributed by atoms with E-state index in [2.05, 4.69) is 10.6 Å². The zero-order chi connectivity index (χ0) is 23.5. The Balaban J connectivity index is 1.70. The topological polar surface area (TPSA) is 125 Å². The van der Waals surface area contributed by atoms with Crippen LogP contribution in [0, 0.1) is 5.41 Å². The molecule has 0 aromatic heterocycles. The predicted molar refractivity (Wildman–Crippen MR) is 118 cm³/mol. The van der Waals surface area contributed by atoms with E-state index < -0.39 is 42.1 Å². The number of carbonyl (C=O) groups is 3. The summed E-state index contributed by atoms with van der Waals surface area (Å²) in [5.74, 6) is -2.21. The number of aliphatic carboxylic acids is 1. The van der Waals surface area contributed by atoms with Crippen molar-refractivity contribution >= 4 is 18.0 Å². The van der Waals surface area contributed by atoms with Gasteiger partial charge in [0.25, 0.3) is 0 Å². The molecule has 8 nitrogen and oxygen atoms in total. The van der Waals surface area contributed by atoms with Crippen molar-refractivity contribution in [2.75, 3.05) is 13.2 Å². The molecule has 0 fully saturated rings. The summed E-state index contributed by atoms with van der Waals surface area (Å²) in [6, 6.07) is 13.4. The summed E-state index contributed by atoms with van der Waals surface area (Å²) in [6.07, 6.45) is -0.780. The molecule has 0 unspecified atom stereocenters. The molecule has 1 aliphatic rings. The van der Waals surface area contributed by atoms with E-state index in [-0.39, 0.29) is 12.5 Å². The minimum absolute atomic E-state index is 0.0900. The molecule has 0 heterocycles. The van der Waals surface area contributed by atoms with Gasteiger partial charge in [0.05, 0.1) is 6.61 Å². The highest BCUT2D eigenvalue weighted by Gasteiger charge is 2.36. The molecule has 0 saturated heterocycles. The van der Waals surface area contributed by atoms with Gasteiger partial charge in [-0.25, -0.2) is 9.59 Å². The first-order chi connectivity index (χ1) is 15.1. The number of carbonyl (C=O) groups excluding carboxylic acids is 2. The molecule has 4 N–H and O–H groups in total. The summed E-state index contributed by atoms with van der Waals surface area (Å²) in [5.41, 5.74) is 3.62. The Bertz CT molecular complexity index is 968. The highest BCUT2D eigenvalue weighted by Crippen LogP contribution is 2.44. The van der Waals surface area contributed by atoms with E-state index in [0.717, 1.165) is 22.3 Å². The Morgan fingerprint density at radius 3 is 1.97 bits per heavy atom. The molecule has 2 aromatic rings. The molecule has 2 amide bonds. The first-order valence-corrected chi connectivity index (χ1v) is 10.4. The van der Waals surface area contributed by atoms with E-state index in [4.69, 9.17) is 14.9 Å². The van der Waals surface area contributed by atoms with Crippen LogP contribution in [0.5, 0.6) is 0 Å². The zero-order valence-corrected chi connectivity index (χ0v) is 18.3. The summed E-state index contributed by atoms with van der Waals surface area (Å²) >= 11 is 0. The summed E-state index contributed by atoms with van der Waals surface area (Å²) in [4.78, 5) is 36.4. The molecule has 2 atom stereocenters. The third kappa shape index (κ3) is 4.91. The summed E-state index contributed by atoms with van der Waals surface area (Å²) < 4.78 is 5.50. The minimum atomic E-state index is -1.46. The Morgan fingerprint density at radius 2 is 1.50 bits per heavy atom. The number of alkyl carbamates (subject to hydrolysis) is 1. The second-order valence-corrected chi connectivity index (χ2v) is 8.85. The Morgan fingerprint density at radius 1 is 0.969 bits per heavy atom. The highest BCUT2D eigenvalue weighted by molar-refractivity contribution is 5.90. The van der Waals surface area contributed by atoms with Gasteiger partial charge in [-0.2, -0.15) is 0 Å². The molecule has 3 rings (SSSR count). The predicted octanol–water partition coefficient (Wildman–Crippen LogP) is 2.50. The number of hydrogen-bond acceptors (Lipinski definition) is 5. The average Bonchev–Trinajstić information content (AvgIpc) is 3.07. The Labute approximate surface area is 186 Å². The van der Waals surface area contributed by atoms with Gasteiger partial charge >= 0.3 is 12.1 Å². The van der Waals surface area contributed by atoms with Crippen molar-refractivity contribution in [3.8, 4) is 11.1 Å². The van der Waals surface area contributed by atoms with Crippen molar-refractivity contribution in [2.24, 2.45) is 5.41 Å². The highest BCUT2D eigenvalue weighted by atomic mass is 16.5. The van der Waals surface area contributed by atoms with Crippen LogP contribution in [0.1, 0.15) is 37.8 Å². The minimum Gasteiger partial charge on any atom is -0.480 e. The maximum atomic E-state index is 12.6. The van der Waals surface area contributed by atoms with E-state index in [1.165, 1.54) is 0 Å². The van der Waals surface area contributed by atoms with Crippen molar-refractivity contribution in [1.82, 2.24) is 10.6 Å². The number of nitrogens with one attached hydrogen (secondary N) is 2. The lowest BCUT2D eigenvalue weighted by Crippen LogP contribution is -2.57. The molecule has 8 heteroatoms. The average molecular weight is 440 g/mol. The van der Waals surface area contributed by atoms with Gasteiger partial charge in [-0.15, -0.1) is 0 Å². The van der Waals surface area contributed by atoms with Gasteiger partial charge in [0.1, 0.15) is 18.7 Å². The van der Waals surface area contributed by atoms with Gasteiger partial charge in [0.15, 0.2) is 0 Å². The van der Waals surface area contributed by atoms with Crippen molar-refractivity contribution in [3.05, 3.63) is 59.7 Å². The second-order valence-electron chi connectivity index (χ2n) is 8.85. The van der Waals surface area contributed by atoms with Gasteiger partial charge in [-0.1, -0.05) is 69.3 Å². The molecule has 0 spiro atoms. The van der Waals surface area contributed by atoms with Gasteiger partial charge < -0.3 is 25.6 Å². The fourth-order valence-electron chi connectivity index (χ4n) is 3.87. The monoisotopic (exact) mass is 440 g/mol. The summed E-state index contributed by atoms with van der Waals surface area (Å²) in [7, 11) is 0. The van der Waals surface area contributed by atoms with E-state index in [9.17, 15) is 14.4 Å². The lowest BCUT2D eigenvalue weighted by Gasteiger charge is -2.31. The standard InChI is InChI=1S/C24H28N2O6/c1-24(2,3)20(21(28)25-19(12-27)22(29)30)26-23(31)32-13-18-16-10-6-4-8-14(16)15-9-5-7-11-17(15)18/h4-11,18-20,27H,12-13H2,1-3H3,(H,25,28)(H,26,31)(H,29,30)/t19-,20-/m0/s1. The fraction of sp³-hybridized carbons (Fsp3) is 0.375. The zero-order valence-electron chi connectivity index (χ0n) is 18.3. The van der Waals surface area contributed by atoms with Crippen LogP contribution in [-0.4, -0.2) is 53.5 Å². The maximum absolute atomic E-state index is 12.6. The lowest BCUT2D eigenvalue weighted by molar-refractivity contribution is -0.143. The third-order valence-corrected chi connectivity index (χ3v) is 5.53. The second kappa shape index (κ2) is 9.40. The van der Waals surface area contributed by atoms with Crippen LogP contribution in [0.15, 0.2) is 48.5 Å². The number of hydrogen-bond donors (Lipinski definition) is 4. The van der Waals surface area contributed by atoms with E-state index >= 15 is 0 Å². The van der Waals surface area contributed by atoms with Crippen LogP contribution in [0.3, 0.4) is 0 Å². The van der Waals surface area contributed by atoms with Crippen LogP contribution < -0.4 is 10.6 Å². The first-order valence-electron chi connectivity index (χ1n) is 10.4. The largest absolute Gasteiger partial charge is 0.480 e. The van der Waals surface area contributed by atoms with Crippen LogP contribution >= 0.6 is 0 Å². The number of fused-ring (bicyclic) bond motifs is 3. The van der Waals surface area contributed by atoms with E-state index in [1.807, 2.05) is 48.5 Å². The number of aliphatic hydroxyl groups is 1. The number of amides is 2. The molecular formula is C24H28N2O6. The van der Waals surface area contributed by atoms with Crippen molar-refractivity contribution in [3.63, 3.8) is 0 Å². The number of benzene rings is 2. The van der Waals surface area contributed by atoms with Crippen LogP contribution in [0.2, 0.25) is 0 Å². The number of aliphatic hydroxyl groups excluding tert-OH is 1. The number of ether oxygens (including phenoxy) is 1. The molecule has 2 aromatic carbocycles. The molecule has 0 aliphatic heterocycles. The molecular weight excluding hydrogens is 412 g/mol. The fourth-order valence-corrected chi connectivity index (χ4v) is 3.87. The molecule has 0 radical (unpaired) electrons. The Kier molecular flexibility index (Phi) is 6.84. The molecule has 0 bridgehead atoms. The van der Waals surface area contributed by atoms with Gasteiger partial charge in [-0.3, -0.25) is 4.79 Å². The quantitative estimate of drug-likeness (QED) is 0.524. The molecule has 170 valence electrons. The number of carboxylic acids is 1. The Hall–Kier alpha value is -3.39. The summed E-state index contributed by atoms with van der Waals surface area (Å²) in [5, 5.41) is 23.0. The van der Waals surface area contributed by atoms with Gasteiger partial charge in [-0.05, 0) is 27.7 Å². The normalized spacial score (nSPS) is 14.6. The van der Waals surface area contributed by atoms with Crippen LogP contribution in [0.25, 0.3) is 11.1 Å². The first kappa shape index (κ1) is 23.3. The van der Waals surface area contributed by atoms with E-state index in [0.29, 0.717) is 0 Å². The smallest absolute Gasteiger partial charge is 0.407 e. The maximum Gasteiger partial charge on any atom is 0.407 e.